The quantitative estimate of drug-likeness (QED) is 0.823. The molecule has 1 aromatic carbocycles. The van der Waals surface area contributed by atoms with Crippen LogP contribution in [0.2, 0.25) is 0 Å². The molecule has 0 spiro atoms. The molecule has 2 aromatic rings. The molecule has 0 saturated carbocycles. The fourth-order valence-corrected chi connectivity index (χ4v) is 4.64. The molecule has 6 nitrogen and oxygen atoms in total. The Balaban J connectivity index is 1.35. The van der Waals surface area contributed by atoms with Gasteiger partial charge in [0, 0.05) is 43.3 Å². The number of thioether (sulfide) groups is 1. The summed E-state index contributed by atoms with van der Waals surface area (Å²) >= 11 is 1.70. The molecule has 3 heterocycles. The van der Waals surface area contributed by atoms with E-state index in [1.54, 1.807) is 24.0 Å². The zero-order valence-electron chi connectivity index (χ0n) is 14.8. The Morgan fingerprint density at radius 1 is 1.23 bits per heavy atom. The Morgan fingerprint density at radius 2 is 2.04 bits per heavy atom. The lowest BCUT2D eigenvalue weighted by Gasteiger charge is -2.35. The molecule has 2 aliphatic rings. The summed E-state index contributed by atoms with van der Waals surface area (Å²) in [5.74, 6) is 1.51. The molecule has 0 bridgehead atoms. The number of amides is 1. The molecule has 0 aliphatic carbocycles. The molecule has 0 radical (unpaired) electrons. The van der Waals surface area contributed by atoms with Gasteiger partial charge in [-0.1, -0.05) is 18.2 Å². The summed E-state index contributed by atoms with van der Waals surface area (Å²) in [6.45, 7) is 5.41. The number of nitrogens with zero attached hydrogens (tertiary/aromatic N) is 4. The third-order valence-electron chi connectivity index (χ3n) is 4.71. The first-order valence-electron chi connectivity index (χ1n) is 8.98. The van der Waals surface area contributed by atoms with Crippen LogP contribution in [0.3, 0.4) is 0 Å². The highest BCUT2D eigenvalue weighted by atomic mass is 32.2. The van der Waals surface area contributed by atoms with Crippen molar-refractivity contribution in [2.24, 2.45) is 0 Å². The Bertz CT molecular complexity index is 768. The van der Waals surface area contributed by atoms with Gasteiger partial charge in [0.2, 0.25) is 17.7 Å². The predicted octanol–water partition coefficient (Wildman–Crippen LogP) is 2.24. The zero-order chi connectivity index (χ0) is 17.9. The number of aromatic nitrogens is 2. The molecule has 26 heavy (non-hydrogen) atoms. The summed E-state index contributed by atoms with van der Waals surface area (Å²) < 4.78 is 5.45. The van der Waals surface area contributed by atoms with Crippen LogP contribution in [0.4, 0.5) is 5.95 Å². The molecular weight excluding hydrogens is 348 g/mol. The van der Waals surface area contributed by atoms with Gasteiger partial charge in [-0.25, -0.2) is 4.98 Å². The van der Waals surface area contributed by atoms with Crippen molar-refractivity contribution in [2.45, 2.75) is 23.5 Å². The number of hydrogen-bond donors (Lipinski definition) is 0. The van der Waals surface area contributed by atoms with Crippen molar-refractivity contribution < 1.29 is 9.53 Å². The first-order chi connectivity index (χ1) is 12.7. The molecule has 1 amide bonds. The van der Waals surface area contributed by atoms with Crippen molar-refractivity contribution >= 4 is 23.6 Å². The van der Waals surface area contributed by atoms with Gasteiger partial charge in [0.1, 0.15) is 0 Å². The van der Waals surface area contributed by atoms with Crippen LogP contribution in [0.25, 0.3) is 0 Å². The average Bonchev–Trinajstić information content (AvgIpc) is 3.12. The first-order valence-corrected chi connectivity index (χ1v) is 9.86. The van der Waals surface area contributed by atoms with Crippen LogP contribution in [0.5, 0.6) is 5.88 Å². The Labute approximate surface area is 157 Å². The Hall–Kier alpha value is -2.28. The number of carbonyl (C=O) groups excluding carboxylic acids is 1. The molecular formula is C19H22N4O2S. The normalized spacial score (nSPS) is 19.3. The lowest BCUT2D eigenvalue weighted by atomic mass is 10.1. The second-order valence-electron chi connectivity index (χ2n) is 6.36. The van der Waals surface area contributed by atoms with E-state index in [4.69, 9.17) is 4.74 Å². The van der Waals surface area contributed by atoms with Crippen LogP contribution in [-0.4, -0.2) is 58.8 Å². The summed E-state index contributed by atoms with van der Waals surface area (Å²) in [6, 6.07) is 10.1. The topological polar surface area (TPSA) is 58.6 Å². The van der Waals surface area contributed by atoms with Crippen LogP contribution in [-0.2, 0) is 11.2 Å². The number of fused-ring (bicyclic) bond motifs is 1. The van der Waals surface area contributed by atoms with E-state index in [2.05, 4.69) is 27.0 Å². The maximum absolute atomic E-state index is 12.9. The van der Waals surface area contributed by atoms with E-state index in [-0.39, 0.29) is 11.2 Å². The molecule has 1 saturated heterocycles. The van der Waals surface area contributed by atoms with Crippen molar-refractivity contribution in [3.63, 3.8) is 0 Å². The van der Waals surface area contributed by atoms with Gasteiger partial charge in [0.05, 0.1) is 11.9 Å². The van der Waals surface area contributed by atoms with Gasteiger partial charge < -0.3 is 14.5 Å². The minimum absolute atomic E-state index is 0.0106. The van der Waals surface area contributed by atoms with E-state index in [1.165, 1.54) is 10.5 Å². The van der Waals surface area contributed by atoms with Gasteiger partial charge in [-0.3, -0.25) is 4.79 Å². The second kappa shape index (κ2) is 7.53. The van der Waals surface area contributed by atoms with E-state index >= 15 is 0 Å². The van der Waals surface area contributed by atoms with Crippen molar-refractivity contribution in [2.75, 3.05) is 37.7 Å². The van der Waals surface area contributed by atoms with Crippen LogP contribution in [0.1, 0.15) is 12.5 Å². The number of hydrogen-bond acceptors (Lipinski definition) is 6. The summed E-state index contributed by atoms with van der Waals surface area (Å²) in [5.41, 5.74) is 1.29. The van der Waals surface area contributed by atoms with Crippen LogP contribution >= 0.6 is 11.8 Å². The van der Waals surface area contributed by atoms with Gasteiger partial charge in [-0.05, 0) is 25.0 Å². The van der Waals surface area contributed by atoms with Crippen LogP contribution in [0, 0.1) is 0 Å². The van der Waals surface area contributed by atoms with Gasteiger partial charge in [-0.2, -0.15) is 4.98 Å². The molecule has 7 heteroatoms. The van der Waals surface area contributed by atoms with E-state index in [0.29, 0.717) is 31.5 Å². The van der Waals surface area contributed by atoms with Crippen LogP contribution in [0.15, 0.2) is 41.4 Å². The predicted molar refractivity (Wildman–Crippen MR) is 102 cm³/mol. The molecule has 1 fully saturated rings. The Morgan fingerprint density at radius 3 is 2.81 bits per heavy atom. The standard InChI is InChI=1S/C19H22N4O2S/c1-2-25-17-7-8-20-19(21-17)23-11-9-22(10-12-23)18(24)16-13-14-5-3-4-6-15(14)26-16/h3-8,16H,2,9-13H2,1H3. The fraction of sp³-hybridized carbons (Fsp3) is 0.421. The molecule has 136 valence electrons. The monoisotopic (exact) mass is 370 g/mol. The highest BCUT2D eigenvalue weighted by Crippen LogP contribution is 2.37. The number of rotatable bonds is 4. The minimum atomic E-state index is 0.0106. The molecule has 2 aliphatic heterocycles. The maximum Gasteiger partial charge on any atom is 0.236 e. The molecule has 4 rings (SSSR count). The molecule has 1 unspecified atom stereocenters. The van der Waals surface area contributed by atoms with E-state index in [0.717, 1.165) is 19.5 Å². The maximum atomic E-state index is 12.9. The molecule has 1 atom stereocenters. The van der Waals surface area contributed by atoms with Gasteiger partial charge in [0.25, 0.3) is 0 Å². The number of carbonyl (C=O) groups is 1. The molecule has 1 aromatic heterocycles. The third-order valence-corrected chi connectivity index (χ3v) is 6.01. The molecule has 0 N–H and O–H groups in total. The number of piperazine rings is 1. The summed E-state index contributed by atoms with van der Waals surface area (Å²) in [6.07, 6.45) is 2.55. The van der Waals surface area contributed by atoms with Crippen molar-refractivity contribution in [1.29, 1.82) is 0 Å². The van der Waals surface area contributed by atoms with Crippen molar-refractivity contribution in [1.82, 2.24) is 14.9 Å². The van der Waals surface area contributed by atoms with E-state index in [1.807, 2.05) is 24.0 Å². The smallest absolute Gasteiger partial charge is 0.236 e. The zero-order valence-corrected chi connectivity index (χ0v) is 15.6. The lowest BCUT2D eigenvalue weighted by molar-refractivity contribution is -0.130. The third kappa shape index (κ3) is 3.49. The van der Waals surface area contributed by atoms with Crippen LogP contribution < -0.4 is 9.64 Å². The number of benzene rings is 1. The summed E-state index contributed by atoms with van der Waals surface area (Å²) in [7, 11) is 0. The second-order valence-corrected chi connectivity index (χ2v) is 7.60. The highest BCUT2D eigenvalue weighted by Gasteiger charge is 2.33. The largest absolute Gasteiger partial charge is 0.478 e. The van der Waals surface area contributed by atoms with Gasteiger partial charge >= 0.3 is 0 Å². The van der Waals surface area contributed by atoms with Crippen molar-refractivity contribution in [3.05, 3.63) is 42.1 Å². The SMILES string of the molecule is CCOc1ccnc(N2CCN(C(=O)C3Cc4ccccc4S3)CC2)n1. The summed E-state index contributed by atoms with van der Waals surface area (Å²) in [5, 5.41) is 0.0106. The van der Waals surface area contributed by atoms with Gasteiger partial charge in [0.15, 0.2) is 0 Å². The Kier molecular flexibility index (Phi) is 4.97. The minimum Gasteiger partial charge on any atom is -0.478 e. The first kappa shape index (κ1) is 17.1. The number of ether oxygens (including phenoxy) is 1. The number of anilines is 1. The summed E-state index contributed by atoms with van der Waals surface area (Å²) in [4.78, 5) is 27.0. The van der Waals surface area contributed by atoms with Gasteiger partial charge in [-0.15, -0.1) is 11.8 Å². The highest BCUT2D eigenvalue weighted by molar-refractivity contribution is 8.01. The average molecular weight is 370 g/mol. The van der Waals surface area contributed by atoms with E-state index < -0.39 is 0 Å². The van der Waals surface area contributed by atoms with Crippen molar-refractivity contribution in [3.8, 4) is 5.88 Å². The van der Waals surface area contributed by atoms with E-state index in [9.17, 15) is 4.79 Å². The lowest BCUT2D eigenvalue weighted by Crippen LogP contribution is -2.51. The fourth-order valence-electron chi connectivity index (χ4n) is 3.36.